The number of carbonyl (C=O) groups excluding carboxylic acids is 2. The van der Waals surface area contributed by atoms with E-state index < -0.39 is 37.5 Å². The van der Waals surface area contributed by atoms with Gasteiger partial charge >= 0.3 is 11.9 Å². The molecule has 10 nitrogen and oxygen atoms in total. The van der Waals surface area contributed by atoms with E-state index in [0.29, 0.717) is 25.3 Å². The van der Waals surface area contributed by atoms with Crippen molar-refractivity contribution in [3.63, 3.8) is 0 Å². The van der Waals surface area contributed by atoms with Gasteiger partial charge in [0.2, 0.25) is 19.6 Å². The Labute approximate surface area is 340 Å². The van der Waals surface area contributed by atoms with Crippen LogP contribution < -0.4 is 10.6 Å². The first-order chi connectivity index (χ1) is 27.6. The van der Waals surface area contributed by atoms with Crippen LogP contribution in [0.5, 0.6) is 0 Å². The van der Waals surface area contributed by atoms with Gasteiger partial charge in [-0.15, -0.1) is 0 Å². The Morgan fingerprint density at radius 1 is 0.789 bits per heavy atom. The van der Waals surface area contributed by atoms with Crippen LogP contribution in [0.2, 0.25) is 0 Å². The minimum absolute atomic E-state index is 0.149. The number of ether oxygens (including phenoxy) is 1. The molecule has 2 fully saturated rings. The second-order valence-electron chi connectivity index (χ2n) is 15.8. The van der Waals surface area contributed by atoms with E-state index in [1.807, 2.05) is 56.3 Å². The van der Waals surface area contributed by atoms with Crippen LogP contribution in [0.4, 0.5) is 0 Å². The monoisotopic (exact) mass is 803 g/mol. The van der Waals surface area contributed by atoms with Crippen LogP contribution in [-0.2, 0) is 47.7 Å². The standard InChI is InChI=1S/C30H46NO7P.C16H20N2/c1-4-28(33)37-30(22(2)3)38-39(36,18-12-11-15-23-13-7-5-8-14-23)21-27(32)31-20-25(19-26(31)29(34)35)24-16-9-6-10-17-24;1-3-7-15(8-4-1)13-17-11-12-18-14-16-9-5-2-6-10-16/h5,7-8,13-14,22,24-26,30H,4,6,9-12,15-21H2,1-3H3,(H,34,35);1-10,17-18H,11-14H2/t25-,26+,30?,39-;/m1./s1. The predicted molar refractivity (Wildman–Crippen MR) is 227 cm³/mol. The number of aliphatic carboxylic acids is 1. The van der Waals surface area contributed by atoms with Crippen molar-refractivity contribution in [1.82, 2.24) is 15.5 Å². The maximum atomic E-state index is 14.2. The van der Waals surface area contributed by atoms with Crippen molar-refractivity contribution in [3.8, 4) is 0 Å². The summed E-state index contributed by atoms with van der Waals surface area (Å²) in [4.78, 5) is 39.2. The van der Waals surface area contributed by atoms with Crippen LogP contribution in [0.3, 0.4) is 0 Å². The molecular formula is C46H66N3O7P. The van der Waals surface area contributed by atoms with Crippen LogP contribution in [0.1, 0.15) is 95.2 Å². The number of carbonyl (C=O) groups is 3. The molecule has 11 heteroatoms. The zero-order valence-electron chi connectivity index (χ0n) is 34.4. The zero-order chi connectivity index (χ0) is 40.9. The van der Waals surface area contributed by atoms with Crippen LogP contribution in [0.15, 0.2) is 91.0 Å². The van der Waals surface area contributed by atoms with Crippen molar-refractivity contribution >= 4 is 25.2 Å². The molecule has 312 valence electrons. The molecule has 1 amide bonds. The number of hydrogen-bond acceptors (Lipinski definition) is 8. The molecule has 0 radical (unpaired) electrons. The number of esters is 1. The molecule has 1 aliphatic heterocycles. The van der Waals surface area contributed by atoms with E-state index in [1.165, 1.54) is 28.0 Å². The molecule has 1 unspecified atom stereocenters. The van der Waals surface area contributed by atoms with E-state index in [9.17, 15) is 24.1 Å². The van der Waals surface area contributed by atoms with Crippen molar-refractivity contribution in [2.75, 3.05) is 32.0 Å². The Morgan fingerprint density at radius 3 is 1.84 bits per heavy atom. The second kappa shape index (κ2) is 24.8. The number of nitrogens with zero attached hydrogens (tertiary/aromatic N) is 1. The van der Waals surface area contributed by atoms with Crippen LogP contribution in [0, 0.1) is 17.8 Å². The fraction of sp³-hybridized carbons (Fsp3) is 0.543. The number of rotatable bonds is 21. The summed E-state index contributed by atoms with van der Waals surface area (Å²) in [7, 11) is -3.60. The molecule has 1 heterocycles. The van der Waals surface area contributed by atoms with Crippen molar-refractivity contribution in [1.29, 1.82) is 0 Å². The first-order valence-electron chi connectivity index (χ1n) is 21.1. The van der Waals surface area contributed by atoms with E-state index >= 15 is 0 Å². The number of likely N-dealkylation sites (tertiary alicyclic amines) is 1. The van der Waals surface area contributed by atoms with Gasteiger partial charge in [0.05, 0.1) is 0 Å². The number of hydrogen-bond donors (Lipinski definition) is 3. The summed E-state index contributed by atoms with van der Waals surface area (Å²) in [6, 6.07) is 30.1. The number of benzene rings is 3. The Balaban J connectivity index is 0.000000332. The topological polar surface area (TPSA) is 134 Å². The summed E-state index contributed by atoms with van der Waals surface area (Å²) in [6.45, 7) is 9.53. The minimum Gasteiger partial charge on any atom is -0.480 e. The maximum absolute atomic E-state index is 14.2. The quantitative estimate of drug-likeness (QED) is 0.0419. The third-order valence-corrected chi connectivity index (χ3v) is 13.2. The van der Waals surface area contributed by atoms with Gasteiger partial charge in [0, 0.05) is 51.2 Å². The maximum Gasteiger partial charge on any atom is 0.326 e. The van der Waals surface area contributed by atoms with E-state index in [2.05, 4.69) is 59.2 Å². The molecule has 57 heavy (non-hydrogen) atoms. The summed E-state index contributed by atoms with van der Waals surface area (Å²) in [5, 5.41) is 16.8. The summed E-state index contributed by atoms with van der Waals surface area (Å²) < 4.78 is 25.7. The average molecular weight is 804 g/mol. The third kappa shape index (κ3) is 16.5. The SMILES string of the molecule is CCC(=O)OC(O[P@](=O)(CCCCc1ccccc1)CC(=O)N1C[C@H](C2CCCCC2)C[C@H]1C(=O)O)C(C)C.c1ccc(CNCCNCc2ccccc2)cc1. The average Bonchev–Trinajstić information content (AvgIpc) is 3.69. The number of amides is 1. The molecule has 0 spiro atoms. The third-order valence-electron chi connectivity index (χ3n) is 10.9. The van der Waals surface area contributed by atoms with E-state index in [1.54, 1.807) is 6.92 Å². The summed E-state index contributed by atoms with van der Waals surface area (Å²) in [5.41, 5.74) is 3.84. The van der Waals surface area contributed by atoms with Gasteiger partial charge in [0.15, 0.2) is 0 Å². The normalized spacial score (nSPS) is 18.6. The molecule has 0 aromatic heterocycles. The van der Waals surface area contributed by atoms with Gasteiger partial charge < -0.3 is 25.4 Å². The van der Waals surface area contributed by atoms with E-state index in [0.717, 1.165) is 64.7 Å². The number of nitrogens with one attached hydrogen (secondary N) is 2. The van der Waals surface area contributed by atoms with E-state index in [-0.39, 0.29) is 30.6 Å². The lowest BCUT2D eigenvalue weighted by Gasteiger charge is -2.30. The molecule has 1 saturated heterocycles. The largest absolute Gasteiger partial charge is 0.480 e. The molecule has 3 N–H and O–H groups in total. The highest BCUT2D eigenvalue weighted by Gasteiger charge is 2.44. The molecule has 0 bridgehead atoms. The second-order valence-corrected chi connectivity index (χ2v) is 18.4. The smallest absolute Gasteiger partial charge is 0.326 e. The fourth-order valence-corrected chi connectivity index (χ4v) is 9.94. The van der Waals surface area contributed by atoms with Crippen LogP contribution >= 0.6 is 7.37 Å². The Hall–Kier alpha value is -3.82. The Morgan fingerprint density at radius 2 is 1.33 bits per heavy atom. The van der Waals surface area contributed by atoms with Crippen molar-refractivity contribution < 1.29 is 33.3 Å². The summed E-state index contributed by atoms with van der Waals surface area (Å²) >= 11 is 0. The Kier molecular flexibility index (Phi) is 20.0. The molecule has 1 saturated carbocycles. The lowest BCUT2D eigenvalue weighted by atomic mass is 9.79. The van der Waals surface area contributed by atoms with Gasteiger partial charge in [0.25, 0.3) is 0 Å². The molecule has 2 aliphatic rings. The van der Waals surface area contributed by atoms with Gasteiger partial charge in [-0.1, -0.05) is 144 Å². The summed E-state index contributed by atoms with van der Waals surface area (Å²) in [6.07, 6.45) is 7.12. The first-order valence-corrected chi connectivity index (χ1v) is 23.1. The van der Waals surface area contributed by atoms with Gasteiger partial charge in [-0.3, -0.25) is 18.7 Å². The molecule has 3 aromatic rings. The number of carboxylic acids is 1. The first kappa shape index (κ1) is 45.9. The van der Waals surface area contributed by atoms with Crippen LogP contribution in [0.25, 0.3) is 0 Å². The summed E-state index contributed by atoms with van der Waals surface area (Å²) in [5.74, 6) is -1.61. The van der Waals surface area contributed by atoms with Crippen LogP contribution in [-0.4, -0.2) is 72.1 Å². The lowest BCUT2D eigenvalue weighted by molar-refractivity contribution is -0.169. The highest BCUT2D eigenvalue weighted by Crippen LogP contribution is 2.51. The van der Waals surface area contributed by atoms with Gasteiger partial charge in [-0.2, -0.15) is 0 Å². The number of unbranched alkanes of at least 4 members (excludes halogenated alkanes) is 1. The van der Waals surface area contributed by atoms with Gasteiger partial charge in [0.1, 0.15) is 12.2 Å². The molecule has 3 aromatic carbocycles. The zero-order valence-corrected chi connectivity index (χ0v) is 35.3. The van der Waals surface area contributed by atoms with Crippen molar-refractivity contribution in [2.45, 2.75) is 110 Å². The van der Waals surface area contributed by atoms with Crippen molar-refractivity contribution in [2.24, 2.45) is 17.8 Å². The molecule has 5 rings (SSSR count). The van der Waals surface area contributed by atoms with E-state index in [4.69, 9.17) is 9.26 Å². The number of carboxylic acid groups (broad SMARTS) is 1. The van der Waals surface area contributed by atoms with Crippen molar-refractivity contribution in [3.05, 3.63) is 108 Å². The molecular weight excluding hydrogens is 737 g/mol. The molecule has 1 aliphatic carbocycles. The lowest BCUT2D eigenvalue weighted by Crippen LogP contribution is -2.42. The minimum atomic E-state index is -3.60. The Bertz CT molecular complexity index is 1610. The van der Waals surface area contributed by atoms with Gasteiger partial charge in [-0.05, 0) is 54.2 Å². The highest BCUT2D eigenvalue weighted by atomic mass is 31.2. The fourth-order valence-electron chi connectivity index (χ4n) is 7.63. The predicted octanol–water partition coefficient (Wildman–Crippen LogP) is 8.69. The van der Waals surface area contributed by atoms with Gasteiger partial charge in [-0.25, -0.2) is 4.79 Å². The molecule has 4 atom stereocenters. The number of aryl methyl sites for hydroxylation is 1. The highest BCUT2D eigenvalue weighted by molar-refractivity contribution is 7.59.